The van der Waals surface area contributed by atoms with E-state index in [4.69, 9.17) is 10.5 Å². The topological polar surface area (TPSA) is 35.2 Å². The second kappa shape index (κ2) is 4.58. The fraction of sp³-hybridized carbons (Fsp3) is 0.625. The molecule has 2 atom stereocenters. The molecule has 1 fully saturated rings. The molecular formula is C16H25NO. The Morgan fingerprint density at radius 3 is 2.28 bits per heavy atom. The molecule has 2 rings (SSSR count). The molecule has 0 amide bonds. The van der Waals surface area contributed by atoms with Crippen LogP contribution in [0.4, 0.5) is 0 Å². The molecule has 2 heteroatoms. The van der Waals surface area contributed by atoms with Crippen molar-refractivity contribution >= 4 is 0 Å². The predicted octanol–water partition coefficient (Wildman–Crippen LogP) is 3.70. The maximum absolute atomic E-state index is 6.70. The largest absolute Gasteiger partial charge is 0.497 e. The van der Waals surface area contributed by atoms with E-state index in [0.717, 1.165) is 18.6 Å². The lowest BCUT2D eigenvalue weighted by molar-refractivity contribution is 0.107. The lowest BCUT2D eigenvalue weighted by Gasteiger charge is -2.46. The maximum Gasteiger partial charge on any atom is 0.118 e. The van der Waals surface area contributed by atoms with Crippen molar-refractivity contribution in [1.82, 2.24) is 0 Å². The number of benzene rings is 1. The number of methoxy groups -OCH3 is 1. The van der Waals surface area contributed by atoms with Crippen LogP contribution in [-0.4, -0.2) is 7.11 Å². The van der Waals surface area contributed by atoms with E-state index in [0.29, 0.717) is 11.3 Å². The Morgan fingerprint density at radius 2 is 1.78 bits per heavy atom. The molecule has 1 aliphatic rings. The van der Waals surface area contributed by atoms with Gasteiger partial charge in [0, 0.05) is 5.54 Å². The van der Waals surface area contributed by atoms with Crippen molar-refractivity contribution in [3.63, 3.8) is 0 Å². The minimum atomic E-state index is -0.187. The summed E-state index contributed by atoms with van der Waals surface area (Å²) in [6.45, 7) is 6.97. The molecule has 1 aliphatic carbocycles. The second-order valence-electron chi connectivity index (χ2n) is 6.74. The van der Waals surface area contributed by atoms with Gasteiger partial charge in [-0.25, -0.2) is 0 Å². The fourth-order valence-corrected chi connectivity index (χ4v) is 3.78. The van der Waals surface area contributed by atoms with Crippen molar-refractivity contribution in [3.05, 3.63) is 29.8 Å². The SMILES string of the molecule is COc1ccc(C2(N)CC(C)CC(C)(C)C2)cc1. The number of rotatable bonds is 2. The molecule has 0 bridgehead atoms. The third-order valence-electron chi connectivity index (χ3n) is 4.07. The van der Waals surface area contributed by atoms with E-state index in [1.54, 1.807) is 7.11 Å². The fourth-order valence-electron chi connectivity index (χ4n) is 3.78. The van der Waals surface area contributed by atoms with Gasteiger partial charge in [-0.15, -0.1) is 0 Å². The Hall–Kier alpha value is -1.02. The van der Waals surface area contributed by atoms with E-state index in [2.05, 4.69) is 32.9 Å². The summed E-state index contributed by atoms with van der Waals surface area (Å²) in [6, 6.07) is 8.26. The van der Waals surface area contributed by atoms with Gasteiger partial charge in [-0.1, -0.05) is 32.9 Å². The predicted molar refractivity (Wildman–Crippen MR) is 75.7 cm³/mol. The van der Waals surface area contributed by atoms with Gasteiger partial charge >= 0.3 is 0 Å². The Labute approximate surface area is 111 Å². The second-order valence-corrected chi connectivity index (χ2v) is 6.74. The summed E-state index contributed by atoms with van der Waals surface area (Å²) in [5.41, 5.74) is 8.07. The molecule has 0 heterocycles. The highest BCUT2D eigenvalue weighted by atomic mass is 16.5. The summed E-state index contributed by atoms with van der Waals surface area (Å²) in [5.74, 6) is 1.58. The van der Waals surface area contributed by atoms with Crippen LogP contribution in [0, 0.1) is 11.3 Å². The molecule has 1 aromatic rings. The summed E-state index contributed by atoms with van der Waals surface area (Å²) < 4.78 is 5.21. The lowest BCUT2D eigenvalue weighted by Crippen LogP contribution is -2.46. The molecule has 2 N–H and O–H groups in total. The van der Waals surface area contributed by atoms with E-state index in [-0.39, 0.29) is 5.54 Å². The Kier molecular flexibility index (Phi) is 3.41. The normalized spacial score (nSPS) is 31.1. The van der Waals surface area contributed by atoms with Gasteiger partial charge in [-0.2, -0.15) is 0 Å². The van der Waals surface area contributed by atoms with Crippen LogP contribution in [0.15, 0.2) is 24.3 Å². The first-order chi connectivity index (χ1) is 8.35. The lowest BCUT2D eigenvalue weighted by atomic mass is 9.62. The Morgan fingerprint density at radius 1 is 1.17 bits per heavy atom. The number of ether oxygens (including phenoxy) is 1. The molecule has 0 saturated heterocycles. The van der Waals surface area contributed by atoms with Gasteiger partial charge in [-0.3, -0.25) is 0 Å². The van der Waals surface area contributed by atoms with E-state index in [9.17, 15) is 0 Å². The highest BCUT2D eigenvalue weighted by molar-refractivity contribution is 5.32. The van der Waals surface area contributed by atoms with E-state index >= 15 is 0 Å². The Balaban J connectivity index is 2.28. The summed E-state index contributed by atoms with van der Waals surface area (Å²) >= 11 is 0. The highest BCUT2D eigenvalue weighted by Crippen LogP contribution is 2.47. The summed E-state index contributed by atoms with van der Waals surface area (Å²) in [4.78, 5) is 0. The van der Waals surface area contributed by atoms with Crippen molar-refractivity contribution in [2.75, 3.05) is 7.11 Å². The van der Waals surface area contributed by atoms with E-state index < -0.39 is 0 Å². The molecule has 2 unspecified atom stereocenters. The molecule has 18 heavy (non-hydrogen) atoms. The maximum atomic E-state index is 6.70. The van der Waals surface area contributed by atoms with Gasteiger partial charge in [0.25, 0.3) is 0 Å². The first-order valence-corrected chi connectivity index (χ1v) is 6.78. The highest BCUT2D eigenvalue weighted by Gasteiger charge is 2.41. The van der Waals surface area contributed by atoms with Crippen LogP contribution in [0.5, 0.6) is 5.75 Å². The quantitative estimate of drug-likeness (QED) is 0.865. The standard InChI is InChI=1S/C16H25NO/c1-12-9-15(2,3)11-16(17,10-12)13-5-7-14(18-4)8-6-13/h5-8,12H,9-11,17H2,1-4H3. The molecule has 1 aromatic carbocycles. The van der Waals surface area contributed by atoms with Crippen molar-refractivity contribution < 1.29 is 4.74 Å². The number of hydrogen-bond donors (Lipinski definition) is 1. The summed E-state index contributed by atoms with van der Waals surface area (Å²) in [6.07, 6.45) is 3.39. The summed E-state index contributed by atoms with van der Waals surface area (Å²) in [7, 11) is 1.69. The molecule has 0 radical (unpaired) electrons. The first-order valence-electron chi connectivity index (χ1n) is 6.78. The molecule has 1 saturated carbocycles. The van der Waals surface area contributed by atoms with Crippen LogP contribution in [0.1, 0.15) is 45.6 Å². The Bertz CT molecular complexity index is 410. The van der Waals surface area contributed by atoms with Crippen LogP contribution in [0.2, 0.25) is 0 Å². The smallest absolute Gasteiger partial charge is 0.118 e. The zero-order valence-corrected chi connectivity index (χ0v) is 12.0. The van der Waals surface area contributed by atoms with Crippen LogP contribution < -0.4 is 10.5 Å². The molecular weight excluding hydrogens is 222 g/mol. The third-order valence-corrected chi connectivity index (χ3v) is 4.07. The average molecular weight is 247 g/mol. The minimum Gasteiger partial charge on any atom is -0.497 e. The summed E-state index contributed by atoms with van der Waals surface area (Å²) in [5, 5.41) is 0. The molecule has 0 spiro atoms. The van der Waals surface area contributed by atoms with Gasteiger partial charge < -0.3 is 10.5 Å². The van der Waals surface area contributed by atoms with Crippen molar-refractivity contribution in [2.24, 2.45) is 17.1 Å². The third kappa shape index (κ3) is 2.69. The molecule has 0 aromatic heterocycles. The van der Waals surface area contributed by atoms with E-state index in [1.165, 1.54) is 12.0 Å². The zero-order chi connectivity index (χ0) is 13.4. The van der Waals surface area contributed by atoms with Crippen molar-refractivity contribution in [2.45, 2.75) is 45.6 Å². The first kappa shape index (κ1) is 13.4. The van der Waals surface area contributed by atoms with Gasteiger partial charge in [0.1, 0.15) is 5.75 Å². The van der Waals surface area contributed by atoms with Crippen molar-refractivity contribution in [1.29, 1.82) is 0 Å². The van der Waals surface area contributed by atoms with Crippen LogP contribution in [0.25, 0.3) is 0 Å². The average Bonchev–Trinajstić information content (AvgIpc) is 2.26. The molecule has 100 valence electrons. The number of nitrogens with two attached hydrogens (primary N) is 1. The van der Waals surface area contributed by atoms with Crippen LogP contribution >= 0.6 is 0 Å². The van der Waals surface area contributed by atoms with Gasteiger partial charge in [0.05, 0.1) is 7.11 Å². The number of hydrogen-bond acceptors (Lipinski definition) is 2. The monoisotopic (exact) mass is 247 g/mol. The zero-order valence-electron chi connectivity index (χ0n) is 12.0. The van der Waals surface area contributed by atoms with Gasteiger partial charge in [0.15, 0.2) is 0 Å². The van der Waals surface area contributed by atoms with Gasteiger partial charge in [0.2, 0.25) is 0 Å². The van der Waals surface area contributed by atoms with Gasteiger partial charge in [-0.05, 0) is 48.3 Å². The minimum absolute atomic E-state index is 0.187. The molecule has 0 aliphatic heterocycles. The van der Waals surface area contributed by atoms with Crippen molar-refractivity contribution in [3.8, 4) is 5.75 Å². The van der Waals surface area contributed by atoms with Crippen LogP contribution in [-0.2, 0) is 5.54 Å². The molecule has 2 nitrogen and oxygen atoms in total. The van der Waals surface area contributed by atoms with Crippen LogP contribution in [0.3, 0.4) is 0 Å². The van der Waals surface area contributed by atoms with E-state index in [1.807, 2.05) is 12.1 Å².